The summed E-state index contributed by atoms with van der Waals surface area (Å²) in [5.74, 6) is 0.572. The molecule has 4 nitrogen and oxygen atoms in total. The molecule has 1 aromatic rings. The summed E-state index contributed by atoms with van der Waals surface area (Å²) in [6, 6.07) is 5.67. The van der Waals surface area contributed by atoms with E-state index in [0.717, 1.165) is 0 Å². The molecular weight excluding hydrogens is 217 g/mol. The molecule has 0 amide bonds. The molecule has 0 spiro atoms. The van der Waals surface area contributed by atoms with Crippen molar-refractivity contribution in [1.29, 1.82) is 0 Å². The van der Waals surface area contributed by atoms with Gasteiger partial charge in [-0.25, -0.2) is 8.42 Å². The van der Waals surface area contributed by atoms with Gasteiger partial charge in [0.15, 0.2) is 0 Å². The molecule has 6 heteroatoms. The minimum Gasteiger partial charge on any atom is -0.560 e. The van der Waals surface area contributed by atoms with Gasteiger partial charge in [0.25, 0.3) is 0 Å². The van der Waals surface area contributed by atoms with Gasteiger partial charge in [0.2, 0.25) is 0 Å². The number of hydrogen-bond acceptors (Lipinski definition) is 3. The van der Waals surface area contributed by atoms with Crippen LogP contribution in [0.4, 0.5) is 0 Å². The molecule has 13 heavy (non-hydrogen) atoms. The van der Waals surface area contributed by atoms with E-state index in [0.29, 0.717) is 5.75 Å². The van der Waals surface area contributed by atoms with E-state index in [-0.39, 0.29) is 56.3 Å². The van der Waals surface area contributed by atoms with E-state index >= 15 is 0 Å². The summed E-state index contributed by atoms with van der Waals surface area (Å²) in [6.45, 7) is 0. The van der Waals surface area contributed by atoms with Gasteiger partial charge in [-0.2, -0.15) is 0 Å². The minimum absolute atomic E-state index is 0. The second-order valence-electron chi connectivity index (χ2n) is 2.18. The molecular formula is C7H8KNO3S. The Balaban J connectivity index is 0.00000144. The van der Waals surface area contributed by atoms with Crippen molar-refractivity contribution in [3.8, 4) is 5.75 Å². The van der Waals surface area contributed by atoms with Gasteiger partial charge in [0.1, 0.15) is 5.75 Å². The van der Waals surface area contributed by atoms with Crippen molar-refractivity contribution in [3.63, 3.8) is 0 Å². The summed E-state index contributed by atoms with van der Waals surface area (Å²) < 4.78 is 26.1. The van der Waals surface area contributed by atoms with Crippen molar-refractivity contribution >= 4 is 10.0 Å². The Hall–Kier alpha value is 0.566. The van der Waals surface area contributed by atoms with E-state index in [9.17, 15) is 8.42 Å². The maximum Gasteiger partial charge on any atom is 1.00 e. The van der Waals surface area contributed by atoms with Crippen LogP contribution < -0.4 is 56.1 Å². The fourth-order valence-electron chi connectivity index (χ4n) is 0.755. The van der Waals surface area contributed by atoms with Crippen LogP contribution in [0, 0.1) is 0 Å². The van der Waals surface area contributed by atoms with Gasteiger partial charge in [-0.1, -0.05) is 0 Å². The van der Waals surface area contributed by atoms with Gasteiger partial charge in [-0.3, -0.25) is 0 Å². The normalized spacial score (nSPS) is 10.3. The van der Waals surface area contributed by atoms with Crippen LogP contribution in [0.3, 0.4) is 0 Å². The molecule has 0 bridgehead atoms. The first-order valence-corrected chi connectivity index (χ1v) is 4.66. The zero-order valence-corrected chi connectivity index (χ0v) is 11.4. The summed E-state index contributed by atoms with van der Waals surface area (Å²) >= 11 is 0. The maximum absolute atomic E-state index is 10.7. The third kappa shape index (κ3) is 4.07. The van der Waals surface area contributed by atoms with Crippen LogP contribution in [0.1, 0.15) is 0 Å². The van der Waals surface area contributed by atoms with Gasteiger partial charge in [-0.15, -0.1) is 0 Å². The number of benzene rings is 1. The second kappa shape index (κ2) is 5.45. The molecule has 1 aromatic carbocycles. The first-order chi connectivity index (χ1) is 5.54. The zero-order chi connectivity index (χ0) is 9.19. The van der Waals surface area contributed by atoms with Crippen molar-refractivity contribution in [2.75, 3.05) is 7.11 Å². The zero-order valence-electron chi connectivity index (χ0n) is 7.44. The summed E-state index contributed by atoms with van der Waals surface area (Å²) in [4.78, 5) is -0.0247. The molecule has 0 aliphatic heterocycles. The molecule has 0 aromatic heterocycles. The summed E-state index contributed by atoms with van der Waals surface area (Å²) in [6.07, 6.45) is 0. The molecule has 0 saturated heterocycles. The Morgan fingerprint density at radius 3 is 2.00 bits per heavy atom. The third-order valence-corrected chi connectivity index (χ3v) is 2.26. The molecule has 0 saturated carbocycles. The maximum atomic E-state index is 10.7. The third-order valence-electron chi connectivity index (χ3n) is 1.37. The van der Waals surface area contributed by atoms with Gasteiger partial charge in [0.05, 0.1) is 17.1 Å². The first kappa shape index (κ1) is 13.6. The van der Waals surface area contributed by atoms with Crippen LogP contribution in [0.2, 0.25) is 0 Å². The predicted molar refractivity (Wildman–Crippen MR) is 44.5 cm³/mol. The van der Waals surface area contributed by atoms with Gasteiger partial charge in [-0.05, 0) is 24.3 Å². The van der Waals surface area contributed by atoms with Crippen LogP contribution in [0.25, 0.3) is 5.14 Å². The van der Waals surface area contributed by atoms with E-state index in [4.69, 9.17) is 9.88 Å². The van der Waals surface area contributed by atoms with Gasteiger partial charge < -0.3 is 9.88 Å². The molecule has 1 rings (SSSR count). The monoisotopic (exact) mass is 225 g/mol. The van der Waals surface area contributed by atoms with Crippen molar-refractivity contribution < 1.29 is 64.5 Å². The number of rotatable bonds is 2. The SMILES string of the molecule is COc1ccc(S([NH-])(=O)=O)cc1.[K+]. The fourth-order valence-corrected chi connectivity index (χ4v) is 1.25. The molecule has 0 aliphatic rings. The second-order valence-corrected chi connectivity index (χ2v) is 3.66. The van der Waals surface area contributed by atoms with E-state index in [1.165, 1.54) is 31.4 Å². The number of ether oxygens (including phenoxy) is 1. The minimum atomic E-state index is -3.83. The Morgan fingerprint density at radius 2 is 1.69 bits per heavy atom. The number of hydrogen-bond donors (Lipinski definition) is 0. The summed E-state index contributed by atoms with van der Waals surface area (Å²) in [5, 5.41) is 6.73. The van der Waals surface area contributed by atoms with E-state index in [1.54, 1.807) is 0 Å². The molecule has 0 fully saturated rings. The summed E-state index contributed by atoms with van der Waals surface area (Å²) in [5.41, 5.74) is 0. The number of nitrogens with one attached hydrogen (secondary N) is 1. The fraction of sp³-hybridized carbons (Fsp3) is 0.143. The molecule has 0 unspecified atom stereocenters. The van der Waals surface area contributed by atoms with Crippen molar-refractivity contribution in [3.05, 3.63) is 29.4 Å². The topological polar surface area (TPSA) is 67.2 Å². The molecule has 1 N–H and O–H groups in total. The van der Waals surface area contributed by atoms with Gasteiger partial charge >= 0.3 is 51.4 Å². The van der Waals surface area contributed by atoms with Crippen LogP contribution in [-0.4, -0.2) is 15.5 Å². The largest absolute Gasteiger partial charge is 1.00 e. The van der Waals surface area contributed by atoms with Gasteiger partial charge in [0, 0.05) is 4.90 Å². The standard InChI is InChI=1S/C7H8NO3S.K/c1-11-6-2-4-7(5-3-6)12(8,9)10;/h2-5H,1H3,(H-,8,9,10);/q-1;+1. The van der Waals surface area contributed by atoms with E-state index < -0.39 is 10.0 Å². The number of sulfonamides is 1. The average Bonchev–Trinajstić information content (AvgIpc) is 2.03. The van der Waals surface area contributed by atoms with Crippen LogP contribution >= 0.6 is 0 Å². The average molecular weight is 225 g/mol. The van der Waals surface area contributed by atoms with Crippen LogP contribution in [-0.2, 0) is 10.0 Å². The molecule has 0 radical (unpaired) electrons. The van der Waals surface area contributed by atoms with Crippen LogP contribution in [0.15, 0.2) is 29.2 Å². The quantitative estimate of drug-likeness (QED) is 0.572. The Labute approximate surface area is 120 Å². The Kier molecular flexibility index (Phi) is 5.69. The Morgan fingerprint density at radius 1 is 1.23 bits per heavy atom. The molecule has 66 valence electrons. The molecule has 0 aliphatic carbocycles. The van der Waals surface area contributed by atoms with Crippen LogP contribution in [0.5, 0.6) is 5.75 Å². The Bertz CT molecular complexity index is 360. The van der Waals surface area contributed by atoms with Crippen molar-refractivity contribution in [1.82, 2.24) is 0 Å². The van der Waals surface area contributed by atoms with Crippen molar-refractivity contribution in [2.24, 2.45) is 0 Å². The first-order valence-electron chi connectivity index (χ1n) is 3.18. The number of methoxy groups -OCH3 is 1. The van der Waals surface area contributed by atoms with E-state index in [1.807, 2.05) is 0 Å². The molecule has 0 heterocycles. The molecule has 0 atom stereocenters. The summed E-state index contributed by atoms with van der Waals surface area (Å²) in [7, 11) is -2.34. The predicted octanol–water partition coefficient (Wildman–Crippen LogP) is -1.56. The van der Waals surface area contributed by atoms with E-state index in [2.05, 4.69) is 0 Å². The smallest absolute Gasteiger partial charge is 0.560 e. The van der Waals surface area contributed by atoms with Crippen molar-refractivity contribution in [2.45, 2.75) is 4.90 Å².